The third kappa shape index (κ3) is 3.25. The molecule has 2 rings (SSSR count). The summed E-state index contributed by atoms with van der Waals surface area (Å²) in [5.41, 5.74) is -0.222. The van der Waals surface area contributed by atoms with Crippen LogP contribution in [0.25, 0.3) is 0 Å². The molecule has 1 aromatic rings. The van der Waals surface area contributed by atoms with Crippen molar-refractivity contribution in [3.8, 4) is 0 Å². The van der Waals surface area contributed by atoms with Gasteiger partial charge in [0, 0.05) is 18.7 Å². The first kappa shape index (κ1) is 14.7. The third-order valence-corrected chi connectivity index (χ3v) is 3.14. The number of halogens is 1. The van der Waals surface area contributed by atoms with E-state index in [1.54, 1.807) is 20.8 Å². The highest BCUT2D eigenvalue weighted by Crippen LogP contribution is 2.29. The number of ether oxygens (including phenoxy) is 1. The maximum absolute atomic E-state index is 13.7. The van der Waals surface area contributed by atoms with Crippen LogP contribution in [0.1, 0.15) is 32.3 Å². The number of rotatable bonds is 1. The van der Waals surface area contributed by atoms with Gasteiger partial charge in [-0.3, -0.25) is 4.98 Å². The molecule has 1 aliphatic rings. The molecule has 5 nitrogen and oxygen atoms in total. The highest BCUT2D eigenvalue weighted by atomic mass is 19.1. The third-order valence-electron chi connectivity index (χ3n) is 3.14. The molecule has 1 N–H and O–H groups in total. The van der Waals surface area contributed by atoms with Gasteiger partial charge in [0.25, 0.3) is 0 Å². The van der Waals surface area contributed by atoms with Gasteiger partial charge in [0.1, 0.15) is 11.4 Å². The van der Waals surface area contributed by atoms with Crippen molar-refractivity contribution in [1.82, 2.24) is 9.88 Å². The van der Waals surface area contributed by atoms with Gasteiger partial charge < -0.3 is 14.7 Å². The van der Waals surface area contributed by atoms with Gasteiger partial charge in [0.05, 0.1) is 18.8 Å². The Bertz CT molecular complexity index is 501. The Labute approximate surface area is 117 Å². The summed E-state index contributed by atoms with van der Waals surface area (Å²) in [6, 6.07) is 1.53. The van der Waals surface area contributed by atoms with Crippen LogP contribution in [0.3, 0.4) is 0 Å². The second kappa shape index (κ2) is 5.36. The topological polar surface area (TPSA) is 62.7 Å². The Morgan fingerprint density at radius 3 is 2.80 bits per heavy atom. The summed E-state index contributed by atoms with van der Waals surface area (Å²) in [6.45, 7) is 5.70. The summed E-state index contributed by atoms with van der Waals surface area (Å²) in [7, 11) is 0. The molecule has 6 heteroatoms. The second-order valence-corrected chi connectivity index (χ2v) is 5.96. The van der Waals surface area contributed by atoms with Gasteiger partial charge in [0.15, 0.2) is 0 Å². The summed E-state index contributed by atoms with van der Waals surface area (Å²) in [6.07, 6.45) is 1.28. The van der Waals surface area contributed by atoms with Crippen molar-refractivity contribution in [3.63, 3.8) is 0 Å². The molecule has 2 heterocycles. The lowest BCUT2D eigenvalue weighted by Crippen LogP contribution is -2.35. The number of nitrogens with zero attached hydrogens (tertiary/aromatic N) is 2. The molecule has 0 bridgehead atoms. The maximum atomic E-state index is 13.7. The van der Waals surface area contributed by atoms with Gasteiger partial charge in [-0.1, -0.05) is 0 Å². The minimum atomic E-state index is -0.806. The number of hydrogen-bond acceptors (Lipinski definition) is 4. The van der Waals surface area contributed by atoms with E-state index < -0.39 is 29.5 Å². The molecule has 0 aliphatic carbocycles. The molecule has 2 unspecified atom stereocenters. The number of pyridine rings is 1. The lowest BCUT2D eigenvalue weighted by molar-refractivity contribution is 0.0270. The minimum Gasteiger partial charge on any atom is -0.444 e. The Morgan fingerprint density at radius 1 is 1.50 bits per heavy atom. The van der Waals surface area contributed by atoms with E-state index in [0.717, 1.165) is 6.20 Å². The van der Waals surface area contributed by atoms with Crippen molar-refractivity contribution in [2.45, 2.75) is 38.4 Å². The fourth-order valence-electron chi connectivity index (χ4n) is 2.25. The smallest absolute Gasteiger partial charge is 0.410 e. The molecule has 2 atom stereocenters. The number of carbonyl (C=O) groups excluding carboxylic acids is 1. The quantitative estimate of drug-likeness (QED) is 0.854. The first-order valence-corrected chi connectivity index (χ1v) is 6.53. The van der Waals surface area contributed by atoms with E-state index in [1.165, 1.54) is 17.2 Å². The number of hydrogen-bond donors (Lipinski definition) is 1. The molecule has 1 aliphatic heterocycles. The summed E-state index contributed by atoms with van der Waals surface area (Å²) < 4.78 is 19.0. The predicted octanol–water partition coefficient (Wildman–Crippen LogP) is 1.92. The zero-order chi connectivity index (χ0) is 14.9. The summed E-state index contributed by atoms with van der Waals surface area (Å²) in [4.78, 5) is 17.0. The van der Waals surface area contributed by atoms with Crippen LogP contribution in [0.15, 0.2) is 18.5 Å². The van der Waals surface area contributed by atoms with Crippen molar-refractivity contribution in [3.05, 3.63) is 29.8 Å². The number of carbonyl (C=O) groups is 1. The van der Waals surface area contributed by atoms with Gasteiger partial charge >= 0.3 is 6.09 Å². The van der Waals surface area contributed by atoms with Gasteiger partial charge in [-0.15, -0.1) is 0 Å². The minimum absolute atomic E-state index is 0.140. The Hall–Kier alpha value is -1.69. The highest BCUT2D eigenvalue weighted by molar-refractivity contribution is 5.68. The summed E-state index contributed by atoms with van der Waals surface area (Å²) >= 11 is 0. The molecule has 1 amide bonds. The summed E-state index contributed by atoms with van der Waals surface area (Å²) in [5, 5.41) is 10.0. The van der Waals surface area contributed by atoms with Gasteiger partial charge in [-0.25, -0.2) is 9.18 Å². The van der Waals surface area contributed by atoms with Gasteiger partial charge in [-0.2, -0.15) is 0 Å². The van der Waals surface area contributed by atoms with Gasteiger partial charge in [0.2, 0.25) is 0 Å². The fraction of sp³-hybridized carbons (Fsp3) is 0.571. The van der Waals surface area contributed by atoms with E-state index in [-0.39, 0.29) is 13.1 Å². The summed E-state index contributed by atoms with van der Waals surface area (Å²) in [5.74, 6) is -0.923. The van der Waals surface area contributed by atoms with E-state index in [1.807, 2.05) is 0 Å². The van der Waals surface area contributed by atoms with Crippen LogP contribution in [-0.2, 0) is 4.74 Å². The number of likely N-dealkylation sites (tertiary alicyclic amines) is 1. The largest absolute Gasteiger partial charge is 0.444 e. The lowest BCUT2D eigenvalue weighted by Gasteiger charge is -2.24. The first-order valence-electron chi connectivity index (χ1n) is 6.53. The standard InChI is InChI=1S/C14H19FN2O3/c1-14(2,3)20-13(19)17-7-10(12(18)8-17)9-4-5-16-6-11(9)15/h4-6,10,12,18H,7-8H2,1-3H3. The first-order chi connectivity index (χ1) is 9.28. The van der Waals surface area contributed by atoms with E-state index in [9.17, 15) is 14.3 Å². The molecular weight excluding hydrogens is 263 g/mol. The van der Waals surface area contributed by atoms with Crippen LogP contribution < -0.4 is 0 Å². The average molecular weight is 282 g/mol. The van der Waals surface area contributed by atoms with Crippen LogP contribution in [0.4, 0.5) is 9.18 Å². The normalized spacial score (nSPS) is 22.9. The number of aliphatic hydroxyl groups excluding tert-OH is 1. The van der Waals surface area contributed by atoms with Crippen molar-refractivity contribution in [1.29, 1.82) is 0 Å². The van der Waals surface area contributed by atoms with E-state index in [4.69, 9.17) is 4.74 Å². The molecule has 1 saturated heterocycles. The van der Waals surface area contributed by atoms with Crippen LogP contribution in [0, 0.1) is 5.82 Å². The van der Waals surface area contributed by atoms with Crippen LogP contribution in [0.2, 0.25) is 0 Å². The molecule has 1 fully saturated rings. The molecule has 0 radical (unpaired) electrons. The average Bonchev–Trinajstić information content (AvgIpc) is 2.70. The number of aromatic nitrogens is 1. The van der Waals surface area contributed by atoms with Crippen molar-refractivity contribution in [2.24, 2.45) is 0 Å². The molecule has 0 aromatic carbocycles. The molecular formula is C14H19FN2O3. The molecule has 0 spiro atoms. The van der Waals surface area contributed by atoms with E-state index in [0.29, 0.717) is 5.56 Å². The zero-order valence-electron chi connectivity index (χ0n) is 11.8. The van der Waals surface area contributed by atoms with Crippen molar-refractivity contribution in [2.75, 3.05) is 13.1 Å². The second-order valence-electron chi connectivity index (χ2n) is 5.96. The van der Waals surface area contributed by atoms with Crippen molar-refractivity contribution < 1.29 is 19.0 Å². The van der Waals surface area contributed by atoms with E-state index >= 15 is 0 Å². The number of β-amino-alcohol motifs (C(OH)–C–C–N with tert-alkyl or cyclic N) is 1. The number of amides is 1. The molecule has 1 aromatic heterocycles. The Kier molecular flexibility index (Phi) is 3.94. The molecule has 0 saturated carbocycles. The predicted molar refractivity (Wildman–Crippen MR) is 70.7 cm³/mol. The van der Waals surface area contributed by atoms with Crippen LogP contribution in [0.5, 0.6) is 0 Å². The van der Waals surface area contributed by atoms with Crippen LogP contribution in [-0.4, -0.2) is 45.9 Å². The Morgan fingerprint density at radius 2 is 2.20 bits per heavy atom. The highest BCUT2D eigenvalue weighted by Gasteiger charge is 2.38. The fourth-order valence-corrected chi connectivity index (χ4v) is 2.25. The van der Waals surface area contributed by atoms with Crippen molar-refractivity contribution >= 4 is 6.09 Å². The molecule has 20 heavy (non-hydrogen) atoms. The number of aliphatic hydroxyl groups is 1. The van der Waals surface area contributed by atoms with E-state index in [2.05, 4.69) is 4.98 Å². The van der Waals surface area contributed by atoms with Crippen LogP contribution >= 0.6 is 0 Å². The zero-order valence-corrected chi connectivity index (χ0v) is 11.8. The molecule has 110 valence electrons. The SMILES string of the molecule is CC(C)(C)OC(=O)N1CC(O)C(c2ccncc2F)C1. The maximum Gasteiger partial charge on any atom is 0.410 e. The monoisotopic (exact) mass is 282 g/mol. The lowest BCUT2D eigenvalue weighted by atomic mass is 9.97. The van der Waals surface area contributed by atoms with Gasteiger partial charge in [-0.05, 0) is 32.4 Å². The Balaban J connectivity index is 2.10.